The second-order valence-corrected chi connectivity index (χ2v) is 17.4. The van der Waals surface area contributed by atoms with Crippen LogP contribution in [0.1, 0.15) is 200 Å². The first-order valence-corrected chi connectivity index (χ1v) is 25.0. The first kappa shape index (κ1) is 55.6. The predicted molar refractivity (Wildman–Crippen MR) is 234 cm³/mol. The lowest BCUT2D eigenvalue weighted by atomic mass is 9.99. The highest BCUT2D eigenvalue weighted by Crippen LogP contribution is 2.26. The minimum atomic E-state index is -5.06. The van der Waals surface area contributed by atoms with Crippen molar-refractivity contribution in [1.29, 1.82) is 0 Å². The van der Waals surface area contributed by atoms with Crippen molar-refractivity contribution >= 4 is 16.4 Å². The zero-order valence-electron chi connectivity index (χ0n) is 37.1. The summed E-state index contributed by atoms with van der Waals surface area (Å²) in [6.45, 7) is 3.97. The average molecular weight is 863 g/mol. The van der Waals surface area contributed by atoms with Crippen molar-refractivity contribution in [2.45, 2.75) is 237 Å². The molecular weight excluding hydrogens is 777 g/mol. The molecule has 1 aliphatic heterocycles. The number of esters is 1. The van der Waals surface area contributed by atoms with E-state index in [1.165, 1.54) is 122 Å². The highest BCUT2D eigenvalue weighted by Gasteiger charge is 2.48. The van der Waals surface area contributed by atoms with Crippen LogP contribution in [-0.2, 0) is 38.3 Å². The van der Waals surface area contributed by atoms with Crippen molar-refractivity contribution in [3.63, 3.8) is 0 Å². The van der Waals surface area contributed by atoms with Crippen LogP contribution in [0, 0.1) is 0 Å². The number of hydrogen-bond donors (Lipinski definition) is 4. The summed E-state index contributed by atoms with van der Waals surface area (Å²) in [4.78, 5) is 12.9. The summed E-state index contributed by atoms with van der Waals surface area (Å²) >= 11 is 0. The first-order valence-electron chi connectivity index (χ1n) is 23.6. The number of hydrogen-bond acceptors (Lipinski definition) is 11. The van der Waals surface area contributed by atoms with Crippen LogP contribution in [0.15, 0.2) is 24.3 Å². The molecule has 1 aliphatic rings. The lowest BCUT2D eigenvalue weighted by molar-refractivity contribution is -0.301. The lowest BCUT2D eigenvalue weighted by Crippen LogP contribution is -2.60. The van der Waals surface area contributed by atoms with Crippen molar-refractivity contribution < 1.29 is 56.2 Å². The van der Waals surface area contributed by atoms with Crippen molar-refractivity contribution in [3.05, 3.63) is 24.3 Å². The number of carbonyl (C=O) groups is 1. The maximum absolute atomic E-state index is 12.9. The van der Waals surface area contributed by atoms with Crippen LogP contribution in [0.4, 0.5) is 0 Å². The summed E-state index contributed by atoms with van der Waals surface area (Å²) in [6.07, 6.45) is 33.5. The first-order chi connectivity index (χ1) is 28.6. The third-order valence-electron chi connectivity index (χ3n) is 10.8. The van der Waals surface area contributed by atoms with E-state index in [-0.39, 0.29) is 19.6 Å². The van der Waals surface area contributed by atoms with Gasteiger partial charge in [0, 0.05) is 13.0 Å². The van der Waals surface area contributed by atoms with Gasteiger partial charge in [-0.2, -0.15) is 8.42 Å². The zero-order chi connectivity index (χ0) is 43.2. The van der Waals surface area contributed by atoms with Crippen LogP contribution in [0.25, 0.3) is 0 Å². The molecule has 13 heteroatoms. The van der Waals surface area contributed by atoms with Crippen LogP contribution in [0.3, 0.4) is 0 Å². The van der Waals surface area contributed by atoms with E-state index < -0.39 is 59.8 Å². The van der Waals surface area contributed by atoms with E-state index in [1.807, 2.05) is 0 Å². The maximum Gasteiger partial charge on any atom is 0.397 e. The number of allylic oxidation sites excluding steroid dienone is 4. The number of aliphatic hydroxyl groups is 3. The molecule has 1 fully saturated rings. The summed E-state index contributed by atoms with van der Waals surface area (Å²) in [5, 5.41) is 30.7. The molecule has 6 atom stereocenters. The molecule has 1 rings (SSSR count). The second-order valence-electron chi connectivity index (χ2n) is 16.3. The van der Waals surface area contributed by atoms with Gasteiger partial charge in [0.1, 0.15) is 30.5 Å². The predicted octanol–water partition coefficient (Wildman–Crippen LogP) is 10.0. The fourth-order valence-electron chi connectivity index (χ4n) is 7.19. The van der Waals surface area contributed by atoms with Gasteiger partial charge in [-0.15, -0.1) is 0 Å². The number of rotatable bonds is 41. The Kier molecular flexibility index (Phi) is 36.1. The molecule has 0 bridgehead atoms. The van der Waals surface area contributed by atoms with Crippen molar-refractivity contribution in [2.24, 2.45) is 0 Å². The Morgan fingerprint density at radius 1 is 0.627 bits per heavy atom. The van der Waals surface area contributed by atoms with E-state index in [0.29, 0.717) is 13.0 Å². The largest absolute Gasteiger partial charge is 0.457 e. The summed E-state index contributed by atoms with van der Waals surface area (Å²) in [5.41, 5.74) is 0. The Balaban J connectivity index is 2.41. The highest BCUT2D eigenvalue weighted by molar-refractivity contribution is 7.80. The smallest absolute Gasteiger partial charge is 0.397 e. The molecule has 0 aromatic rings. The van der Waals surface area contributed by atoms with E-state index in [0.717, 1.165) is 51.4 Å². The van der Waals surface area contributed by atoms with Gasteiger partial charge in [-0.3, -0.25) is 9.35 Å². The molecule has 0 radical (unpaired) electrons. The van der Waals surface area contributed by atoms with Gasteiger partial charge in [0.05, 0.1) is 19.8 Å². The molecule has 348 valence electrons. The summed E-state index contributed by atoms with van der Waals surface area (Å²) in [7, 11) is -5.06. The minimum Gasteiger partial charge on any atom is -0.457 e. The molecule has 0 aromatic heterocycles. The summed E-state index contributed by atoms with van der Waals surface area (Å²) in [5.74, 6) is -0.404. The van der Waals surface area contributed by atoms with Gasteiger partial charge in [-0.25, -0.2) is 4.18 Å². The molecule has 6 unspecified atom stereocenters. The Bertz CT molecular complexity index is 1130. The molecule has 0 aromatic carbocycles. The van der Waals surface area contributed by atoms with Gasteiger partial charge >= 0.3 is 16.4 Å². The maximum atomic E-state index is 12.9. The molecule has 0 amide bonds. The zero-order valence-corrected chi connectivity index (χ0v) is 37.9. The molecule has 0 saturated carbocycles. The molecule has 1 saturated heterocycles. The number of aliphatic hydroxyl groups excluding tert-OH is 3. The Morgan fingerprint density at radius 2 is 1.07 bits per heavy atom. The Morgan fingerprint density at radius 3 is 1.54 bits per heavy atom. The molecule has 0 spiro atoms. The summed E-state index contributed by atoms with van der Waals surface area (Å²) in [6, 6.07) is 0. The average Bonchev–Trinajstić information content (AvgIpc) is 3.20. The van der Waals surface area contributed by atoms with Gasteiger partial charge < -0.3 is 34.3 Å². The fraction of sp³-hybridized carbons (Fsp3) is 0.891. The van der Waals surface area contributed by atoms with E-state index >= 15 is 0 Å². The monoisotopic (exact) mass is 863 g/mol. The molecule has 1 heterocycles. The Labute approximate surface area is 359 Å². The second kappa shape index (κ2) is 38.3. The summed E-state index contributed by atoms with van der Waals surface area (Å²) < 4.78 is 59.1. The topological polar surface area (TPSA) is 178 Å². The van der Waals surface area contributed by atoms with Gasteiger partial charge in [-0.1, -0.05) is 154 Å². The van der Waals surface area contributed by atoms with Crippen LogP contribution in [-0.4, -0.2) is 97.5 Å². The van der Waals surface area contributed by atoms with Crippen molar-refractivity contribution in [2.75, 3.05) is 26.4 Å². The van der Waals surface area contributed by atoms with Crippen molar-refractivity contribution in [3.8, 4) is 0 Å². The molecule has 59 heavy (non-hydrogen) atoms. The molecule has 12 nitrogen and oxygen atoms in total. The van der Waals surface area contributed by atoms with E-state index in [4.69, 9.17) is 23.5 Å². The van der Waals surface area contributed by atoms with E-state index in [9.17, 15) is 28.5 Å². The third kappa shape index (κ3) is 32.0. The SMILES string of the molecule is CCCCCC/C=C\CCCCCCCCOCC(COC1OC(CO)C(O)C(OS(=O)(=O)O)C1O)OC(=O)CCCCCCCCC/C=C\CCCCCCCCC. The van der Waals surface area contributed by atoms with Crippen molar-refractivity contribution in [1.82, 2.24) is 0 Å². The van der Waals surface area contributed by atoms with E-state index in [1.54, 1.807) is 0 Å². The van der Waals surface area contributed by atoms with E-state index in [2.05, 4.69) is 42.3 Å². The van der Waals surface area contributed by atoms with Crippen LogP contribution < -0.4 is 0 Å². The third-order valence-corrected chi connectivity index (χ3v) is 11.3. The van der Waals surface area contributed by atoms with Crippen LogP contribution >= 0.6 is 0 Å². The number of carbonyl (C=O) groups excluding carboxylic acids is 1. The quantitative estimate of drug-likeness (QED) is 0.0198. The molecular formula is C46H86O12S. The molecule has 4 N–H and O–H groups in total. The fourth-order valence-corrected chi connectivity index (χ4v) is 7.70. The van der Waals surface area contributed by atoms with Crippen LogP contribution in [0.2, 0.25) is 0 Å². The lowest BCUT2D eigenvalue weighted by Gasteiger charge is -2.41. The molecule has 0 aliphatic carbocycles. The number of ether oxygens (including phenoxy) is 4. The highest BCUT2D eigenvalue weighted by atomic mass is 32.3. The van der Waals surface area contributed by atoms with Gasteiger partial charge in [0.2, 0.25) is 0 Å². The normalized spacial score (nSPS) is 20.5. The van der Waals surface area contributed by atoms with Crippen LogP contribution in [0.5, 0.6) is 0 Å². The Hall–Kier alpha value is -1.42. The van der Waals surface area contributed by atoms with Gasteiger partial charge in [0.15, 0.2) is 6.29 Å². The van der Waals surface area contributed by atoms with Gasteiger partial charge in [0.25, 0.3) is 0 Å². The van der Waals surface area contributed by atoms with Gasteiger partial charge in [-0.05, 0) is 64.2 Å². The standard InChI is InChI=1S/C46H86O12S/c1-3-5-7-9-11-13-15-17-19-20-21-22-23-25-27-29-31-33-35-42(48)56-40(38-54-36-34-32-30-28-26-24-18-16-14-12-10-8-6-4-2)39-55-46-44(50)45(58-59(51,52)53)43(49)41(37-47)57-46/h14,16,19-20,40-41,43-47,49-50H,3-13,15,17-18,21-39H2,1-2H3,(H,51,52,53)/b16-14-,20-19-. The minimum absolute atomic E-state index is 0.0324. The number of unbranched alkanes of at least 4 members (excludes halogenated alkanes) is 24.